The van der Waals surface area contributed by atoms with Gasteiger partial charge in [0.2, 0.25) is 5.91 Å². The van der Waals surface area contributed by atoms with Crippen molar-refractivity contribution in [3.63, 3.8) is 0 Å². The lowest BCUT2D eigenvalue weighted by molar-refractivity contribution is -0.116. The Bertz CT molecular complexity index is 1210. The van der Waals surface area contributed by atoms with Crippen molar-refractivity contribution in [3.8, 4) is 6.07 Å². The summed E-state index contributed by atoms with van der Waals surface area (Å²) in [5, 5.41) is 10.0. The summed E-state index contributed by atoms with van der Waals surface area (Å²) < 4.78 is 1.51. The maximum atomic E-state index is 13.7. The molecule has 3 aromatic rings. The summed E-state index contributed by atoms with van der Waals surface area (Å²) in [6.45, 7) is 0. The molecule has 144 valence electrons. The number of benzene rings is 2. The summed E-state index contributed by atoms with van der Waals surface area (Å²) in [7, 11) is 3.87. The first-order valence-electron chi connectivity index (χ1n) is 9.15. The number of para-hydroxylation sites is 2. The molecule has 3 heterocycles. The van der Waals surface area contributed by atoms with Crippen LogP contribution in [0.1, 0.15) is 16.5 Å². The first-order chi connectivity index (χ1) is 14.0. The van der Waals surface area contributed by atoms with Crippen molar-refractivity contribution < 1.29 is 9.59 Å². The molecular weight excluding hydrogens is 386 g/mol. The molecule has 29 heavy (non-hydrogen) atoms. The van der Waals surface area contributed by atoms with E-state index in [1.54, 1.807) is 0 Å². The highest BCUT2D eigenvalue weighted by Crippen LogP contribution is 2.53. The lowest BCUT2D eigenvalue weighted by Gasteiger charge is -2.34. The zero-order chi connectivity index (χ0) is 20.3. The monoisotopic (exact) mass is 403 g/mol. The average molecular weight is 403 g/mol. The fourth-order valence-corrected chi connectivity index (χ4v) is 5.50. The number of fused-ring (bicyclic) bond motifs is 3. The average Bonchev–Trinajstić information content (AvgIpc) is 3.33. The Morgan fingerprint density at radius 2 is 1.90 bits per heavy atom. The molecule has 0 saturated carbocycles. The summed E-state index contributed by atoms with van der Waals surface area (Å²) in [6.07, 6.45) is 0. The van der Waals surface area contributed by atoms with Gasteiger partial charge in [0.1, 0.15) is 11.7 Å². The molecule has 1 amide bonds. The standard InChI is InChI=1S/C21H17N5O2S/c1-24(2)13-7-9-14(10-8-13)26-18(27)12-29-21(26)15(11-22)19-23-16-5-3-4-6-17(16)25(19)20(21)28/h3-10,15H,12H2,1-2H3. The third-order valence-electron chi connectivity index (χ3n) is 5.50. The number of anilines is 2. The molecule has 0 aliphatic carbocycles. The summed E-state index contributed by atoms with van der Waals surface area (Å²) in [5.74, 6) is -0.790. The number of hydrogen-bond acceptors (Lipinski definition) is 6. The Morgan fingerprint density at radius 1 is 1.17 bits per heavy atom. The molecule has 0 N–H and O–H groups in total. The van der Waals surface area contributed by atoms with Crippen molar-refractivity contribution in [2.24, 2.45) is 0 Å². The molecule has 2 aliphatic heterocycles. The Hall–Kier alpha value is -3.31. The molecule has 1 fully saturated rings. The van der Waals surface area contributed by atoms with Crippen LogP contribution in [0.3, 0.4) is 0 Å². The van der Waals surface area contributed by atoms with Gasteiger partial charge in [-0.2, -0.15) is 5.26 Å². The predicted octanol–water partition coefficient (Wildman–Crippen LogP) is 2.84. The van der Waals surface area contributed by atoms with Gasteiger partial charge in [0.25, 0.3) is 5.91 Å². The van der Waals surface area contributed by atoms with Gasteiger partial charge in [-0.25, -0.2) is 4.98 Å². The minimum Gasteiger partial charge on any atom is -0.378 e. The van der Waals surface area contributed by atoms with Crippen molar-refractivity contribution in [2.45, 2.75) is 10.8 Å². The molecule has 7 nitrogen and oxygen atoms in total. The van der Waals surface area contributed by atoms with E-state index in [1.807, 2.05) is 67.5 Å². The molecule has 8 heteroatoms. The van der Waals surface area contributed by atoms with Crippen molar-refractivity contribution >= 4 is 46.0 Å². The molecule has 2 aromatic carbocycles. The van der Waals surface area contributed by atoms with Crippen molar-refractivity contribution in [3.05, 3.63) is 54.4 Å². The SMILES string of the molecule is CN(C)c1ccc(N2C(=O)CSC23C(=O)n2c(nc4ccccc42)C3C#N)cc1. The van der Waals surface area contributed by atoms with Crippen LogP contribution in [0.5, 0.6) is 0 Å². The molecule has 2 aliphatic rings. The Kier molecular flexibility index (Phi) is 3.73. The summed E-state index contributed by atoms with van der Waals surface area (Å²) >= 11 is 1.22. The topological polar surface area (TPSA) is 82.2 Å². The Labute approximate surface area is 171 Å². The first kappa shape index (κ1) is 17.8. The Balaban J connectivity index is 1.69. The molecule has 0 radical (unpaired) electrons. The number of thioether (sulfide) groups is 1. The van der Waals surface area contributed by atoms with E-state index in [1.165, 1.54) is 21.2 Å². The molecule has 5 rings (SSSR count). The van der Waals surface area contributed by atoms with Gasteiger partial charge < -0.3 is 4.90 Å². The van der Waals surface area contributed by atoms with E-state index in [2.05, 4.69) is 11.1 Å². The summed E-state index contributed by atoms with van der Waals surface area (Å²) in [6, 6.07) is 17.0. The van der Waals surface area contributed by atoms with Crippen LogP contribution < -0.4 is 9.80 Å². The van der Waals surface area contributed by atoms with Gasteiger partial charge in [0.05, 0.1) is 22.9 Å². The predicted molar refractivity (Wildman–Crippen MR) is 112 cm³/mol. The van der Waals surface area contributed by atoms with Gasteiger partial charge in [0, 0.05) is 25.5 Å². The maximum absolute atomic E-state index is 13.7. The number of hydrogen-bond donors (Lipinski definition) is 0. The lowest BCUT2D eigenvalue weighted by Crippen LogP contribution is -2.52. The van der Waals surface area contributed by atoms with E-state index < -0.39 is 10.8 Å². The van der Waals surface area contributed by atoms with E-state index in [0.29, 0.717) is 22.5 Å². The third-order valence-corrected chi connectivity index (χ3v) is 6.92. The van der Waals surface area contributed by atoms with Crippen LogP contribution >= 0.6 is 11.8 Å². The highest BCUT2D eigenvalue weighted by molar-refractivity contribution is 8.02. The molecule has 0 bridgehead atoms. The molecule has 1 aromatic heterocycles. The van der Waals surface area contributed by atoms with Crippen LogP contribution in [-0.2, 0) is 4.79 Å². The fraction of sp³-hybridized carbons (Fsp3) is 0.238. The maximum Gasteiger partial charge on any atom is 0.271 e. The van der Waals surface area contributed by atoms with Crippen LogP contribution in [0.2, 0.25) is 0 Å². The minimum atomic E-state index is -1.34. The second-order valence-electron chi connectivity index (χ2n) is 7.29. The number of nitriles is 1. The molecule has 1 saturated heterocycles. The van der Waals surface area contributed by atoms with Crippen LogP contribution in [0.4, 0.5) is 11.4 Å². The zero-order valence-corrected chi connectivity index (χ0v) is 16.7. The number of amides is 1. The van der Waals surface area contributed by atoms with Crippen molar-refractivity contribution in [1.29, 1.82) is 5.26 Å². The summed E-state index contributed by atoms with van der Waals surface area (Å²) in [4.78, 5) is 33.3. The first-order valence-corrected chi connectivity index (χ1v) is 10.1. The number of carbonyl (C=O) groups excluding carboxylic acids is 2. The lowest BCUT2D eigenvalue weighted by atomic mass is 9.99. The van der Waals surface area contributed by atoms with Gasteiger partial charge in [-0.15, -0.1) is 11.8 Å². The van der Waals surface area contributed by atoms with Gasteiger partial charge >= 0.3 is 0 Å². The largest absolute Gasteiger partial charge is 0.378 e. The normalized spacial score (nSPS) is 23.1. The quantitative estimate of drug-likeness (QED) is 0.654. The van der Waals surface area contributed by atoms with Crippen LogP contribution in [0, 0.1) is 11.3 Å². The Morgan fingerprint density at radius 3 is 2.59 bits per heavy atom. The number of rotatable bonds is 2. The third kappa shape index (κ3) is 2.22. The van der Waals surface area contributed by atoms with E-state index in [9.17, 15) is 14.9 Å². The summed E-state index contributed by atoms with van der Waals surface area (Å²) in [5.41, 5.74) is 2.92. The van der Waals surface area contributed by atoms with Gasteiger partial charge in [0.15, 0.2) is 4.87 Å². The van der Waals surface area contributed by atoms with E-state index in [-0.39, 0.29) is 17.6 Å². The fourth-order valence-electron chi connectivity index (χ4n) is 4.15. The smallest absolute Gasteiger partial charge is 0.271 e. The number of carbonyl (C=O) groups is 2. The van der Waals surface area contributed by atoms with Gasteiger partial charge in [-0.05, 0) is 36.4 Å². The molecule has 2 atom stereocenters. The van der Waals surface area contributed by atoms with Crippen molar-refractivity contribution in [1.82, 2.24) is 9.55 Å². The van der Waals surface area contributed by atoms with E-state index >= 15 is 0 Å². The zero-order valence-electron chi connectivity index (χ0n) is 15.9. The van der Waals surface area contributed by atoms with Crippen LogP contribution in [0.15, 0.2) is 48.5 Å². The van der Waals surface area contributed by atoms with Gasteiger partial charge in [-0.1, -0.05) is 12.1 Å². The number of aromatic nitrogens is 2. The highest BCUT2D eigenvalue weighted by atomic mass is 32.2. The number of nitrogens with zero attached hydrogens (tertiary/aromatic N) is 5. The van der Waals surface area contributed by atoms with Gasteiger partial charge in [-0.3, -0.25) is 19.1 Å². The molecular formula is C21H17N5O2S. The van der Waals surface area contributed by atoms with Crippen LogP contribution in [-0.4, -0.2) is 46.1 Å². The number of imidazole rings is 1. The second kappa shape index (κ2) is 6.09. The van der Waals surface area contributed by atoms with Crippen LogP contribution in [0.25, 0.3) is 11.0 Å². The second-order valence-corrected chi connectivity index (χ2v) is 8.49. The highest BCUT2D eigenvalue weighted by Gasteiger charge is 2.65. The molecule has 1 spiro atoms. The van der Waals surface area contributed by atoms with E-state index in [0.717, 1.165) is 5.69 Å². The van der Waals surface area contributed by atoms with E-state index in [4.69, 9.17) is 0 Å². The molecule has 2 unspecified atom stereocenters. The van der Waals surface area contributed by atoms with Crippen molar-refractivity contribution in [2.75, 3.05) is 29.6 Å². The minimum absolute atomic E-state index is 0.141.